The van der Waals surface area contributed by atoms with Gasteiger partial charge in [0, 0.05) is 5.56 Å². The van der Waals surface area contributed by atoms with Crippen LogP contribution in [0.4, 0.5) is 0 Å². The van der Waals surface area contributed by atoms with Gasteiger partial charge in [0.2, 0.25) is 11.7 Å². The van der Waals surface area contributed by atoms with Crippen molar-refractivity contribution in [3.05, 3.63) is 106 Å². The molecule has 5 aromatic rings. The van der Waals surface area contributed by atoms with Crippen LogP contribution in [-0.4, -0.2) is 19.7 Å². The lowest BCUT2D eigenvalue weighted by molar-refractivity contribution is 0.391. The number of hydrogen-bond acceptors (Lipinski definition) is 6. The maximum atomic E-state index is 13.2. The zero-order valence-corrected chi connectivity index (χ0v) is 18.2. The van der Waals surface area contributed by atoms with Crippen LogP contribution in [0.15, 0.2) is 93.3 Å². The standard InChI is InChI=1S/C25H20N4O2S/c1-17-8-7-11-19(14-17)23-27-22(31-28-23)16-32-25-26-21-13-6-5-12-20(21)24(30)29(25)15-18-9-3-2-4-10-18/h2-14H,15-16H2,1H3. The van der Waals surface area contributed by atoms with Crippen LogP contribution in [0.25, 0.3) is 22.3 Å². The highest BCUT2D eigenvalue weighted by molar-refractivity contribution is 7.98. The molecule has 0 aliphatic rings. The predicted molar refractivity (Wildman–Crippen MR) is 126 cm³/mol. The van der Waals surface area contributed by atoms with Crippen molar-refractivity contribution in [1.29, 1.82) is 0 Å². The number of aryl methyl sites for hydroxylation is 1. The zero-order valence-electron chi connectivity index (χ0n) is 17.4. The van der Waals surface area contributed by atoms with Crippen LogP contribution in [0, 0.1) is 6.92 Å². The molecular weight excluding hydrogens is 420 g/mol. The quantitative estimate of drug-likeness (QED) is 0.270. The number of rotatable bonds is 6. The Bertz CT molecular complexity index is 1440. The van der Waals surface area contributed by atoms with E-state index in [1.54, 1.807) is 4.57 Å². The van der Waals surface area contributed by atoms with Crippen LogP contribution < -0.4 is 5.56 Å². The van der Waals surface area contributed by atoms with Gasteiger partial charge in [-0.15, -0.1) is 0 Å². The molecule has 6 nitrogen and oxygen atoms in total. The van der Waals surface area contributed by atoms with E-state index < -0.39 is 0 Å². The van der Waals surface area contributed by atoms with E-state index in [1.165, 1.54) is 11.8 Å². The average Bonchev–Trinajstić information content (AvgIpc) is 3.30. The molecule has 0 saturated carbocycles. The van der Waals surface area contributed by atoms with Gasteiger partial charge in [0.1, 0.15) is 0 Å². The third kappa shape index (κ3) is 4.20. The molecule has 0 atom stereocenters. The second-order valence-corrected chi connectivity index (χ2v) is 8.40. The summed E-state index contributed by atoms with van der Waals surface area (Å²) in [6.07, 6.45) is 0. The van der Waals surface area contributed by atoms with Crippen LogP contribution >= 0.6 is 11.8 Å². The summed E-state index contributed by atoms with van der Waals surface area (Å²) in [6, 6.07) is 25.3. The van der Waals surface area contributed by atoms with Gasteiger partial charge in [-0.3, -0.25) is 9.36 Å². The largest absolute Gasteiger partial charge is 0.338 e. The molecule has 0 fully saturated rings. The van der Waals surface area contributed by atoms with Crippen LogP contribution in [0.2, 0.25) is 0 Å². The number of nitrogens with zero attached hydrogens (tertiary/aromatic N) is 4. The first kappa shape index (κ1) is 20.2. The third-order valence-electron chi connectivity index (χ3n) is 5.08. The Labute approximate surface area is 188 Å². The van der Waals surface area contributed by atoms with Gasteiger partial charge in [-0.25, -0.2) is 4.98 Å². The molecule has 0 radical (unpaired) electrons. The number of hydrogen-bond donors (Lipinski definition) is 0. The summed E-state index contributed by atoms with van der Waals surface area (Å²) in [6.45, 7) is 2.47. The van der Waals surface area contributed by atoms with E-state index in [9.17, 15) is 4.79 Å². The molecular formula is C25H20N4O2S. The first-order chi connectivity index (χ1) is 15.7. The van der Waals surface area contributed by atoms with E-state index >= 15 is 0 Å². The van der Waals surface area contributed by atoms with Crippen molar-refractivity contribution in [2.45, 2.75) is 24.4 Å². The lowest BCUT2D eigenvalue weighted by Crippen LogP contribution is -2.24. The van der Waals surface area contributed by atoms with Gasteiger partial charge >= 0.3 is 0 Å². The topological polar surface area (TPSA) is 73.8 Å². The Hall–Kier alpha value is -3.71. The zero-order chi connectivity index (χ0) is 21.9. The number of aromatic nitrogens is 4. The lowest BCUT2D eigenvalue weighted by Gasteiger charge is -2.12. The Morgan fingerprint density at radius 2 is 1.75 bits per heavy atom. The Morgan fingerprint density at radius 1 is 0.938 bits per heavy atom. The van der Waals surface area contributed by atoms with Crippen molar-refractivity contribution < 1.29 is 4.52 Å². The summed E-state index contributed by atoms with van der Waals surface area (Å²) in [4.78, 5) is 22.5. The highest BCUT2D eigenvalue weighted by Gasteiger charge is 2.15. The van der Waals surface area contributed by atoms with Crippen molar-refractivity contribution in [3.8, 4) is 11.4 Å². The molecule has 0 aliphatic carbocycles. The number of benzene rings is 3. The monoisotopic (exact) mass is 440 g/mol. The van der Waals surface area contributed by atoms with E-state index in [1.807, 2.05) is 85.8 Å². The van der Waals surface area contributed by atoms with Crippen LogP contribution in [0.5, 0.6) is 0 Å². The lowest BCUT2D eigenvalue weighted by atomic mass is 10.1. The average molecular weight is 441 g/mol. The van der Waals surface area contributed by atoms with Gasteiger partial charge in [-0.2, -0.15) is 4.98 Å². The maximum Gasteiger partial charge on any atom is 0.262 e. The Morgan fingerprint density at radius 3 is 2.59 bits per heavy atom. The fourth-order valence-electron chi connectivity index (χ4n) is 3.50. The molecule has 0 unspecified atom stereocenters. The van der Waals surface area contributed by atoms with Gasteiger partial charge in [0.25, 0.3) is 5.56 Å². The molecule has 0 spiro atoms. The molecule has 0 bridgehead atoms. The summed E-state index contributed by atoms with van der Waals surface area (Å²) in [7, 11) is 0. The minimum absolute atomic E-state index is 0.0621. The Balaban J connectivity index is 1.46. The number of thioether (sulfide) groups is 1. The molecule has 3 aromatic carbocycles. The van der Waals surface area contributed by atoms with Crippen molar-refractivity contribution in [1.82, 2.24) is 19.7 Å². The first-order valence-electron chi connectivity index (χ1n) is 10.2. The molecule has 0 aliphatic heterocycles. The van der Waals surface area contributed by atoms with Gasteiger partial charge in [-0.1, -0.05) is 83.1 Å². The van der Waals surface area contributed by atoms with Crippen molar-refractivity contribution in [2.75, 3.05) is 0 Å². The summed E-state index contributed by atoms with van der Waals surface area (Å²) < 4.78 is 7.17. The second-order valence-electron chi connectivity index (χ2n) is 7.46. The van der Waals surface area contributed by atoms with E-state index in [4.69, 9.17) is 9.51 Å². The predicted octanol–water partition coefficient (Wildman–Crippen LogP) is 5.10. The number of para-hydroxylation sites is 1. The molecule has 5 rings (SSSR count). The van der Waals surface area contributed by atoms with Gasteiger partial charge in [0.05, 0.1) is 23.2 Å². The summed E-state index contributed by atoms with van der Waals surface area (Å²) >= 11 is 1.42. The second kappa shape index (κ2) is 8.80. The SMILES string of the molecule is Cc1cccc(-c2noc(CSc3nc4ccccc4c(=O)n3Cc3ccccc3)n2)c1. The molecule has 32 heavy (non-hydrogen) atoms. The van der Waals surface area contributed by atoms with E-state index in [0.717, 1.165) is 16.7 Å². The van der Waals surface area contributed by atoms with E-state index in [-0.39, 0.29) is 5.56 Å². The fraction of sp³-hybridized carbons (Fsp3) is 0.120. The molecule has 2 aromatic heterocycles. The molecule has 0 amide bonds. The molecule has 0 saturated heterocycles. The van der Waals surface area contributed by atoms with Crippen molar-refractivity contribution >= 4 is 22.7 Å². The van der Waals surface area contributed by atoms with E-state index in [2.05, 4.69) is 10.1 Å². The van der Waals surface area contributed by atoms with Gasteiger partial charge in [-0.05, 0) is 30.7 Å². The van der Waals surface area contributed by atoms with E-state index in [0.29, 0.717) is 40.1 Å². The smallest absolute Gasteiger partial charge is 0.262 e. The Kier molecular flexibility index (Phi) is 5.56. The van der Waals surface area contributed by atoms with Crippen LogP contribution in [0.3, 0.4) is 0 Å². The van der Waals surface area contributed by atoms with Crippen LogP contribution in [0.1, 0.15) is 17.0 Å². The summed E-state index contributed by atoms with van der Waals surface area (Å²) in [5.74, 6) is 1.45. The minimum atomic E-state index is -0.0621. The van der Waals surface area contributed by atoms with Gasteiger partial charge < -0.3 is 4.52 Å². The molecule has 7 heteroatoms. The third-order valence-corrected chi connectivity index (χ3v) is 6.04. The fourth-order valence-corrected chi connectivity index (χ4v) is 4.34. The minimum Gasteiger partial charge on any atom is -0.338 e. The summed E-state index contributed by atoms with van der Waals surface area (Å²) in [5, 5.41) is 5.33. The first-order valence-corrected chi connectivity index (χ1v) is 11.2. The van der Waals surface area contributed by atoms with Crippen molar-refractivity contribution in [3.63, 3.8) is 0 Å². The normalized spacial score (nSPS) is 11.2. The highest BCUT2D eigenvalue weighted by atomic mass is 32.2. The van der Waals surface area contributed by atoms with Crippen LogP contribution in [-0.2, 0) is 12.3 Å². The summed E-state index contributed by atoms with van der Waals surface area (Å²) in [5.41, 5.74) is 3.69. The maximum absolute atomic E-state index is 13.2. The van der Waals surface area contributed by atoms with Gasteiger partial charge in [0.15, 0.2) is 5.16 Å². The number of fused-ring (bicyclic) bond motifs is 1. The molecule has 0 N–H and O–H groups in total. The molecule has 2 heterocycles. The highest BCUT2D eigenvalue weighted by Crippen LogP contribution is 2.24. The molecule has 158 valence electrons. The van der Waals surface area contributed by atoms with Crippen molar-refractivity contribution in [2.24, 2.45) is 0 Å².